The minimum atomic E-state index is -2.53. The standard InChI is InChI=1S/C20H11BF10/c22-11-9(12(23)16(27)19(30)15(11)26)21(7-6-8-4-2-1-3-5-8)10-13(24)17(28)20(31)18(29)14(10)25/h4,6-7H,1-3,5H2/b7-6+. The zero-order valence-corrected chi connectivity index (χ0v) is 15.4. The van der Waals surface area contributed by atoms with Crippen LogP contribution in [-0.2, 0) is 0 Å². The van der Waals surface area contributed by atoms with E-state index in [9.17, 15) is 43.9 Å². The van der Waals surface area contributed by atoms with Gasteiger partial charge in [0.2, 0.25) is 6.71 Å². The summed E-state index contributed by atoms with van der Waals surface area (Å²) in [5, 5.41) is 0. The lowest BCUT2D eigenvalue weighted by molar-refractivity contribution is 0.382. The van der Waals surface area contributed by atoms with Gasteiger partial charge in [-0.2, -0.15) is 0 Å². The Morgan fingerprint density at radius 2 is 0.935 bits per heavy atom. The maximum absolute atomic E-state index is 14.4. The Balaban J connectivity index is 2.34. The van der Waals surface area contributed by atoms with Crippen molar-refractivity contribution in [3.05, 3.63) is 81.9 Å². The first-order valence-electron chi connectivity index (χ1n) is 8.97. The quantitative estimate of drug-likeness (QED) is 0.256. The van der Waals surface area contributed by atoms with Crippen LogP contribution < -0.4 is 10.9 Å². The molecule has 0 saturated carbocycles. The smallest absolute Gasteiger partial charge is 0.204 e. The van der Waals surface area contributed by atoms with Crippen LogP contribution in [0.1, 0.15) is 25.7 Å². The minimum absolute atomic E-state index is 0.428. The summed E-state index contributed by atoms with van der Waals surface area (Å²) in [4.78, 5) is 0. The van der Waals surface area contributed by atoms with E-state index in [0.29, 0.717) is 30.8 Å². The van der Waals surface area contributed by atoms with E-state index >= 15 is 0 Å². The number of hydrogen-bond donors (Lipinski definition) is 0. The van der Waals surface area contributed by atoms with Crippen LogP contribution in [0.2, 0.25) is 0 Å². The second-order valence-corrected chi connectivity index (χ2v) is 6.83. The highest BCUT2D eigenvalue weighted by Crippen LogP contribution is 2.22. The molecule has 0 unspecified atom stereocenters. The lowest BCUT2D eigenvalue weighted by atomic mass is 9.39. The van der Waals surface area contributed by atoms with Crippen molar-refractivity contribution in [1.29, 1.82) is 0 Å². The van der Waals surface area contributed by atoms with E-state index in [-0.39, 0.29) is 0 Å². The third-order valence-corrected chi connectivity index (χ3v) is 4.94. The number of rotatable bonds is 4. The van der Waals surface area contributed by atoms with Crippen LogP contribution >= 0.6 is 0 Å². The van der Waals surface area contributed by atoms with Crippen LogP contribution in [0.15, 0.2) is 23.7 Å². The molecule has 0 N–H and O–H groups in total. The minimum Gasteiger partial charge on any atom is -0.204 e. The Morgan fingerprint density at radius 3 is 1.29 bits per heavy atom. The van der Waals surface area contributed by atoms with Crippen molar-refractivity contribution in [3.63, 3.8) is 0 Å². The molecule has 1 aliphatic rings. The highest BCUT2D eigenvalue weighted by molar-refractivity contribution is 6.89. The molecule has 0 aromatic heterocycles. The van der Waals surface area contributed by atoms with E-state index in [2.05, 4.69) is 0 Å². The summed E-state index contributed by atoms with van der Waals surface area (Å²) in [5.74, 6) is -23.9. The monoisotopic (exact) mass is 452 g/mol. The highest BCUT2D eigenvalue weighted by Gasteiger charge is 2.38. The summed E-state index contributed by atoms with van der Waals surface area (Å²) in [7, 11) is 0. The van der Waals surface area contributed by atoms with E-state index < -0.39 is 75.8 Å². The molecule has 0 fully saturated rings. The Morgan fingerprint density at radius 1 is 0.548 bits per heavy atom. The van der Waals surface area contributed by atoms with Crippen molar-refractivity contribution in [2.75, 3.05) is 0 Å². The fourth-order valence-electron chi connectivity index (χ4n) is 3.36. The van der Waals surface area contributed by atoms with E-state index in [1.165, 1.54) is 0 Å². The van der Waals surface area contributed by atoms with Gasteiger partial charge in [-0.1, -0.05) is 17.7 Å². The van der Waals surface area contributed by atoms with Crippen LogP contribution in [0, 0.1) is 58.2 Å². The van der Waals surface area contributed by atoms with Crippen LogP contribution in [-0.4, -0.2) is 6.71 Å². The molecular formula is C20H11BF10. The van der Waals surface area contributed by atoms with Crippen molar-refractivity contribution in [2.24, 2.45) is 0 Å². The second-order valence-electron chi connectivity index (χ2n) is 6.83. The molecular weight excluding hydrogens is 441 g/mol. The summed E-state index contributed by atoms with van der Waals surface area (Å²) >= 11 is 0. The lowest BCUT2D eigenvalue weighted by Gasteiger charge is -2.17. The SMILES string of the molecule is Fc1c(F)c(F)c(B(/C=C/C2=CCCCC2)c2c(F)c(F)c(F)c(F)c2F)c(F)c1F. The van der Waals surface area contributed by atoms with Gasteiger partial charge in [0.25, 0.3) is 0 Å². The molecule has 2 aromatic carbocycles. The molecule has 3 rings (SSSR count). The number of allylic oxidation sites excluding steroid dienone is 3. The van der Waals surface area contributed by atoms with Crippen molar-refractivity contribution >= 4 is 17.6 Å². The Labute approximate surface area is 170 Å². The molecule has 2 aromatic rings. The molecule has 0 radical (unpaired) electrons. The number of benzene rings is 2. The number of halogens is 10. The molecule has 0 spiro atoms. The van der Waals surface area contributed by atoms with Gasteiger partial charge >= 0.3 is 0 Å². The number of hydrogen-bond acceptors (Lipinski definition) is 0. The Hall–Kier alpha value is -2.72. The third kappa shape index (κ3) is 3.97. The fraction of sp³-hybridized carbons (Fsp3) is 0.200. The lowest BCUT2D eigenvalue weighted by Crippen LogP contribution is -2.49. The Kier molecular flexibility index (Phi) is 6.52. The average molecular weight is 452 g/mol. The van der Waals surface area contributed by atoms with Gasteiger partial charge in [0.15, 0.2) is 58.2 Å². The average Bonchev–Trinajstić information content (AvgIpc) is 2.77. The molecule has 0 nitrogen and oxygen atoms in total. The molecule has 0 heterocycles. The second kappa shape index (κ2) is 8.80. The molecule has 164 valence electrons. The van der Waals surface area contributed by atoms with Gasteiger partial charge < -0.3 is 0 Å². The predicted molar refractivity (Wildman–Crippen MR) is 93.2 cm³/mol. The van der Waals surface area contributed by atoms with E-state index in [1.807, 2.05) is 0 Å². The first kappa shape index (κ1) is 23.0. The molecule has 11 heteroatoms. The first-order valence-corrected chi connectivity index (χ1v) is 8.97. The highest BCUT2D eigenvalue weighted by atomic mass is 19.2. The normalized spacial score (nSPS) is 14.3. The summed E-state index contributed by atoms with van der Waals surface area (Å²) in [6, 6.07) is 0. The van der Waals surface area contributed by atoms with Crippen LogP contribution in [0.5, 0.6) is 0 Å². The zero-order chi connectivity index (χ0) is 23.0. The maximum atomic E-state index is 14.4. The van der Waals surface area contributed by atoms with Gasteiger partial charge in [0, 0.05) is 10.9 Å². The van der Waals surface area contributed by atoms with Crippen molar-refractivity contribution in [2.45, 2.75) is 25.7 Å². The van der Waals surface area contributed by atoms with E-state index in [4.69, 9.17) is 0 Å². The molecule has 31 heavy (non-hydrogen) atoms. The van der Waals surface area contributed by atoms with Gasteiger partial charge in [-0.3, -0.25) is 0 Å². The molecule has 0 amide bonds. The summed E-state index contributed by atoms with van der Waals surface area (Å²) in [6.07, 6.45) is 5.28. The van der Waals surface area contributed by atoms with Crippen molar-refractivity contribution < 1.29 is 43.9 Å². The van der Waals surface area contributed by atoms with Gasteiger partial charge in [0.1, 0.15) is 0 Å². The summed E-state index contributed by atoms with van der Waals surface area (Å²) in [5.41, 5.74) is -2.98. The maximum Gasteiger partial charge on any atom is 0.250 e. The van der Waals surface area contributed by atoms with E-state index in [0.717, 1.165) is 12.5 Å². The topological polar surface area (TPSA) is 0 Å². The molecule has 0 bridgehead atoms. The fourth-order valence-corrected chi connectivity index (χ4v) is 3.36. The van der Waals surface area contributed by atoms with Gasteiger partial charge in [0.05, 0.1) is 0 Å². The molecule has 1 aliphatic carbocycles. The summed E-state index contributed by atoms with van der Waals surface area (Å²) in [6.45, 7) is -2.50. The molecule has 0 atom stereocenters. The van der Waals surface area contributed by atoms with Gasteiger partial charge in [-0.25, -0.2) is 43.9 Å². The molecule has 0 saturated heterocycles. The van der Waals surface area contributed by atoms with E-state index in [1.54, 1.807) is 6.08 Å². The van der Waals surface area contributed by atoms with Crippen LogP contribution in [0.4, 0.5) is 43.9 Å². The molecule has 0 aliphatic heterocycles. The van der Waals surface area contributed by atoms with Gasteiger partial charge in [-0.15, -0.1) is 5.98 Å². The first-order chi connectivity index (χ1) is 14.6. The zero-order valence-electron chi connectivity index (χ0n) is 15.4. The van der Waals surface area contributed by atoms with Crippen LogP contribution in [0.3, 0.4) is 0 Å². The van der Waals surface area contributed by atoms with Gasteiger partial charge in [-0.05, 0) is 25.7 Å². The van der Waals surface area contributed by atoms with Crippen molar-refractivity contribution in [1.82, 2.24) is 0 Å². The summed E-state index contributed by atoms with van der Waals surface area (Å²) < 4.78 is 139. The predicted octanol–water partition coefficient (Wildman–Crippen LogP) is 5.28. The van der Waals surface area contributed by atoms with Crippen molar-refractivity contribution in [3.8, 4) is 0 Å². The van der Waals surface area contributed by atoms with Crippen LogP contribution in [0.25, 0.3) is 0 Å². The Bertz CT molecular complexity index is 979. The third-order valence-electron chi connectivity index (χ3n) is 4.94. The largest absolute Gasteiger partial charge is 0.250 e.